The van der Waals surface area contributed by atoms with Crippen LogP contribution in [0.25, 0.3) is 0 Å². The number of benzene rings is 1. The molecule has 92 valence electrons. The maximum atomic E-state index is 11.7. The molecule has 0 radical (unpaired) electrons. The van der Waals surface area contributed by atoms with E-state index in [-0.39, 0.29) is 12.0 Å². The SMILES string of the molecule is COC(=O)C1CCCCN1c1ccc(N)cc1. The zero-order chi connectivity index (χ0) is 12.3. The third-order valence-corrected chi connectivity index (χ3v) is 3.20. The quantitative estimate of drug-likeness (QED) is 0.626. The Balaban J connectivity index is 2.21. The van der Waals surface area contributed by atoms with Gasteiger partial charge >= 0.3 is 5.97 Å². The topological polar surface area (TPSA) is 55.6 Å². The van der Waals surface area contributed by atoms with Crippen molar-refractivity contribution in [2.24, 2.45) is 0 Å². The molecule has 4 heteroatoms. The van der Waals surface area contributed by atoms with Crippen LogP contribution >= 0.6 is 0 Å². The van der Waals surface area contributed by atoms with Crippen LogP contribution in [-0.4, -0.2) is 25.7 Å². The van der Waals surface area contributed by atoms with Crippen LogP contribution in [0.15, 0.2) is 24.3 Å². The number of nitrogens with two attached hydrogens (primary N) is 1. The van der Waals surface area contributed by atoms with Gasteiger partial charge in [0, 0.05) is 17.9 Å². The molecule has 1 aliphatic rings. The Morgan fingerprint density at radius 3 is 2.71 bits per heavy atom. The molecule has 17 heavy (non-hydrogen) atoms. The molecule has 1 fully saturated rings. The summed E-state index contributed by atoms with van der Waals surface area (Å²) in [7, 11) is 1.44. The number of esters is 1. The van der Waals surface area contributed by atoms with E-state index in [9.17, 15) is 4.79 Å². The first-order valence-corrected chi connectivity index (χ1v) is 5.92. The maximum absolute atomic E-state index is 11.7. The summed E-state index contributed by atoms with van der Waals surface area (Å²) in [4.78, 5) is 13.8. The highest BCUT2D eigenvalue weighted by molar-refractivity contribution is 5.80. The van der Waals surface area contributed by atoms with Crippen LogP contribution in [0.5, 0.6) is 0 Å². The summed E-state index contributed by atoms with van der Waals surface area (Å²) < 4.78 is 4.86. The first-order chi connectivity index (χ1) is 8.22. The van der Waals surface area contributed by atoms with Crippen molar-refractivity contribution in [2.45, 2.75) is 25.3 Å². The van der Waals surface area contributed by atoms with Crippen molar-refractivity contribution < 1.29 is 9.53 Å². The number of ether oxygens (including phenoxy) is 1. The minimum atomic E-state index is -0.155. The molecule has 1 unspecified atom stereocenters. The van der Waals surface area contributed by atoms with E-state index in [0.29, 0.717) is 0 Å². The Kier molecular flexibility index (Phi) is 3.52. The smallest absolute Gasteiger partial charge is 0.328 e. The predicted octanol–water partition coefficient (Wildman–Crippen LogP) is 1.80. The summed E-state index contributed by atoms with van der Waals surface area (Å²) in [6.07, 6.45) is 3.04. The third kappa shape index (κ3) is 2.52. The number of carbonyl (C=O) groups excluding carboxylic acids is 1. The van der Waals surface area contributed by atoms with Gasteiger partial charge in [0.15, 0.2) is 0 Å². The molecule has 1 aromatic rings. The Labute approximate surface area is 101 Å². The molecule has 2 rings (SSSR count). The van der Waals surface area contributed by atoms with E-state index in [1.54, 1.807) is 0 Å². The molecule has 1 aliphatic heterocycles. The van der Waals surface area contributed by atoms with Crippen molar-refractivity contribution in [3.63, 3.8) is 0 Å². The van der Waals surface area contributed by atoms with Crippen LogP contribution in [0.1, 0.15) is 19.3 Å². The van der Waals surface area contributed by atoms with Gasteiger partial charge in [0.2, 0.25) is 0 Å². The highest BCUT2D eigenvalue weighted by Crippen LogP contribution is 2.26. The number of carbonyl (C=O) groups is 1. The normalized spacial score (nSPS) is 20.1. The number of methoxy groups -OCH3 is 1. The molecule has 0 aromatic heterocycles. The molecule has 1 saturated heterocycles. The molecule has 0 aliphatic carbocycles. The molecular formula is C13H18N2O2. The monoisotopic (exact) mass is 234 g/mol. The first kappa shape index (κ1) is 11.8. The lowest BCUT2D eigenvalue weighted by atomic mass is 10.0. The summed E-state index contributed by atoms with van der Waals surface area (Å²) in [6, 6.07) is 7.47. The Morgan fingerprint density at radius 1 is 1.35 bits per heavy atom. The van der Waals surface area contributed by atoms with E-state index in [1.807, 2.05) is 24.3 Å². The Morgan fingerprint density at radius 2 is 2.06 bits per heavy atom. The number of piperidine rings is 1. The van der Waals surface area contributed by atoms with Crippen LogP contribution in [0.2, 0.25) is 0 Å². The Bertz CT molecular complexity index is 389. The zero-order valence-corrected chi connectivity index (χ0v) is 10.1. The minimum absolute atomic E-state index is 0.151. The van der Waals surface area contributed by atoms with Gasteiger partial charge in [-0.05, 0) is 43.5 Å². The van der Waals surface area contributed by atoms with Gasteiger partial charge in [-0.3, -0.25) is 0 Å². The van der Waals surface area contributed by atoms with Gasteiger partial charge in [-0.25, -0.2) is 4.79 Å². The summed E-state index contributed by atoms with van der Waals surface area (Å²) in [5.74, 6) is -0.151. The highest BCUT2D eigenvalue weighted by Gasteiger charge is 2.29. The van der Waals surface area contributed by atoms with Crippen molar-refractivity contribution in [1.82, 2.24) is 0 Å². The average molecular weight is 234 g/mol. The largest absolute Gasteiger partial charge is 0.467 e. The van der Waals surface area contributed by atoms with Crippen molar-refractivity contribution in [3.05, 3.63) is 24.3 Å². The molecule has 2 N–H and O–H groups in total. The summed E-state index contributed by atoms with van der Waals surface area (Å²) in [5.41, 5.74) is 7.44. The van der Waals surface area contributed by atoms with E-state index >= 15 is 0 Å². The van der Waals surface area contributed by atoms with Gasteiger partial charge < -0.3 is 15.4 Å². The second-order valence-electron chi connectivity index (χ2n) is 4.32. The number of nitrogen functional groups attached to an aromatic ring is 1. The van der Waals surface area contributed by atoms with Crippen molar-refractivity contribution in [1.29, 1.82) is 0 Å². The second-order valence-corrected chi connectivity index (χ2v) is 4.32. The molecule has 1 heterocycles. The fraction of sp³-hybridized carbons (Fsp3) is 0.462. The molecule has 0 amide bonds. The van der Waals surface area contributed by atoms with Crippen LogP contribution < -0.4 is 10.6 Å². The number of hydrogen-bond donors (Lipinski definition) is 1. The lowest BCUT2D eigenvalue weighted by Crippen LogP contribution is -2.45. The molecule has 4 nitrogen and oxygen atoms in total. The van der Waals surface area contributed by atoms with Crippen LogP contribution in [0, 0.1) is 0 Å². The standard InChI is InChI=1S/C13H18N2O2/c1-17-13(16)12-4-2-3-9-15(12)11-7-5-10(14)6-8-11/h5-8,12H,2-4,9,14H2,1H3. The van der Waals surface area contributed by atoms with E-state index in [1.165, 1.54) is 7.11 Å². The van der Waals surface area contributed by atoms with Gasteiger partial charge in [0.05, 0.1) is 7.11 Å². The van der Waals surface area contributed by atoms with Gasteiger partial charge in [-0.2, -0.15) is 0 Å². The number of anilines is 2. The predicted molar refractivity (Wildman–Crippen MR) is 67.9 cm³/mol. The molecule has 0 saturated carbocycles. The molecule has 0 spiro atoms. The van der Waals surface area contributed by atoms with Crippen LogP contribution in [-0.2, 0) is 9.53 Å². The zero-order valence-electron chi connectivity index (χ0n) is 10.1. The second kappa shape index (κ2) is 5.08. The molecular weight excluding hydrogens is 216 g/mol. The van der Waals surface area contributed by atoms with Gasteiger partial charge in [0.25, 0.3) is 0 Å². The van der Waals surface area contributed by atoms with Gasteiger partial charge in [0.1, 0.15) is 6.04 Å². The summed E-state index contributed by atoms with van der Waals surface area (Å²) in [5, 5.41) is 0. The van der Waals surface area contributed by atoms with E-state index < -0.39 is 0 Å². The number of hydrogen-bond acceptors (Lipinski definition) is 4. The lowest BCUT2D eigenvalue weighted by molar-refractivity contribution is -0.142. The third-order valence-electron chi connectivity index (χ3n) is 3.20. The minimum Gasteiger partial charge on any atom is -0.467 e. The fourth-order valence-electron chi connectivity index (χ4n) is 2.29. The van der Waals surface area contributed by atoms with Crippen molar-refractivity contribution in [2.75, 3.05) is 24.3 Å². The molecule has 0 bridgehead atoms. The summed E-state index contributed by atoms with van der Waals surface area (Å²) in [6.45, 7) is 0.893. The number of nitrogens with zero attached hydrogens (tertiary/aromatic N) is 1. The number of rotatable bonds is 2. The van der Waals surface area contributed by atoms with E-state index in [0.717, 1.165) is 37.2 Å². The summed E-state index contributed by atoms with van der Waals surface area (Å²) >= 11 is 0. The fourth-order valence-corrected chi connectivity index (χ4v) is 2.29. The maximum Gasteiger partial charge on any atom is 0.328 e. The highest BCUT2D eigenvalue weighted by atomic mass is 16.5. The Hall–Kier alpha value is -1.71. The van der Waals surface area contributed by atoms with Crippen LogP contribution in [0.3, 0.4) is 0 Å². The average Bonchev–Trinajstić information content (AvgIpc) is 2.39. The van der Waals surface area contributed by atoms with Crippen molar-refractivity contribution >= 4 is 17.3 Å². The first-order valence-electron chi connectivity index (χ1n) is 5.92. The van der Waals surface area contributed by atoms with Gasteiger partial charge in [-0.15, -0.1) is 0 Å². The van der Waals surface area contributed by atoms with E-state index in [4.69, 9.17) is 10.5 Å². The molecule has 1 atom stereocenters. The van der Waals surface area contributed by atoms with Crippen LogP contribution in [0.4, 0.5) is 11.4 Å². The lowest BCUT2D eigenvalue weighted by Gasteiger charge is -2.35. The van der Waals surface area contributed by atoms with Gasteiger partial charge in [-0.1, -0.05) is 0 Å². The molecule has 1 aromatic carbocycles. The van der Waals surface area contributed by atoms with E-state index in [2.05, 4.69) is 4.90 Å². The van der Waals surface area contributed by atoms with Crippen molar-refractivity contribution in [3.8, 4) is 0 Å².